The highest BCUT2D eigenvalue weighted by atomic mass is 16.6. The maximum atomic E-state index is 12.6. The minimum Gasteiger partial charge on any atom is -0.422 e. The second-order valence-corrected chi connectivity index (χ2v) is 14.3. The van der Waals surface area contributed by atoms with E-state index in [9.17, 15) is 50.0 Å². The molecule has 0 atom stereocenters. The van der Waals surface area contributed by atoms with Crippen molar-refractivity contribution in [1.29, 1.82) is 0 Å². The summed E-state index contributed by atoms with van der Waals surface area (Å²) in [6.07, 6.45) is 0. The van der Waals surface area contributed by atoms with Gasteiger partial charge in [0.05, 0.1) is 19.7 Å². The molecule has 0 aliphatic carbocycles. The topological polar surface area (TPSA) is 324 Å². The average molecular weight is 909 g/mol. The lowest BCUT2D eigenvalue weighted by molar-refractivity contribution is -0.384. The zero-order valence-electron chi connectivity index (χ0n) is 35.3. The highest BCUT2D eigenvalue weighted by Crippen LogP contribution is 2.49. The highest BCUT2D eigenvalue weighted by molar-refractivity contribution is 5.80. The van der Waals surface area contributed by atoms with E-state index in [-0.39, 0.29) is 68.1 Å². The van der Waals surface area contributed by atoms with Crippen molar-refractivity contribution in [1.82, 2.24) is 0 Å². The molecule has 0 radical (unpaired) electrons. The quantitative estimate of drug-likeness (QED) is 0.0287. The number of benzene rings is 6. The number of nitro benzene ring substituents is 4. The molecule has 0 bridgehead atoms. The number of esters is 2. The van der Waals surface area contributed by atoms with E-state index in [1.54, 1.807) is 13.8 Å². The Morgan fingerprint density at radius 3 is 0.821 bits per heavy atom. The van der Waals surface area contributed by atoms with Gasteiger partial charge in [-0.25, -0.2) is 0 Å². The molecule has 0 aromatic heterocycles. The van der Waals surface area contributed by atoms with E-state index >= 15 is 0 Å². The first kappa shape index (κ1) is 46.8. The second-order valence-electron chi connectivity index (χ2n) is 14.3. The fourth-order valence-corrected chi connectivity index (χ4v) is 6.12. The maximum absolute atomic E-state index is 12.6. The Balaban J connectivity index is 1.65. The van der Waals surface area contributed by atoms with Crippen molar-refractivity contribution in [3.8, 4) is 11.5 Å². The average Bonchev–Trinajstić information content (AvgIpc) is 3.29. The molecule has 0 heterocycles. The normalized spacial score (nSPS) is 11.6. The van der Waals surface area contributed by atoms with Gasteiger partial charge in [0.2, 0.25) is 0 Å². The summed E-state index contributed by atoms with van der Waals surface area (Å²) >= 11 is 0. The van der Waals surface area contributed by atoms with Crippen molar-refractivity contribution in [2.24, 2.45) is 40.9 Å². The van der Waals surface area contributed by atoms with Crippen LogP contribution >= 0.6 is 0 Å². The molecule has 0 saturated heterocycles. The number of azo groups is 4. The third-order valence-corrected chi connectivity index (χ3v) is 9.41. The summed E-state index contributed by atoms with van der Waals surface area (Å²) < 4.78 is 11.1. The summed E-state index contributed by atoms with van der Waals surface area (Å²) in [7, 11) is 0. The number of ether oxygens (including phenoxy) is 2. The van der Waals surface area contributed by atoms with E-state index in [0.717, 1.165) is 13.8 Å². The van der Waals surface area contributed by atoms with Crippen molar-refractivity contribution in [3.63, 3.8) is 0 Å². The molecule has 0 saturated carbocycles. The molecule has 0 aliphatic rings. The van der Waals surface area contributed by atoms with Crippen molar-refractivity contribution in [2.75, 3.05) is 0 Å². The summed E-state index contributed by atoms with van der Waals surface area (Å²) in [4.78, 5) is 69.9. The number of nitro groups is 4. The van der Waals surface area contributed by atoms with Gasteiger partial charge in [0.15, 0.2) is 34.2 Å². The highest BCUT2D eigenvalue weighted by Gasteiger charge is 2.31. The SMILES string of the molecule is CC(=O)Oc1c(N=Nc2ccccc2[N+](=O)[O-])cc(C(C)(C)c2cc(N=Nc3ccccc3[N+](=O)[O-])c(OC(C)=O)c(N=Nc3ccccc3[N+](=O)[O-])c2)cc1N=Nc1ccccc1[N+](=O)[O-]. The van der Waals surface area contributed by atoms with Crippen LogP contribution in [0.1, 0.15) is 38.8 Å². The Labute approximate surface area is 376 Å². The summed E-state index contributed by atoms with van der Waals surface area (Å²) in [6, 6.07) is 27.3. The van der Waals surface area contributed by atoms with Gasteiger partial charge in [0.1, 0.15) is 22.7 Å². The molecule has 24 nitrogen and oxygen atoms in total. The van der Waals surface area contributed by atoms with E-state index in [0.29, 0.717) is 0 Å². The molecule has 0 fully saturated rings. The first-order chi connectivity index (χ1) is 31.9. The Morgan fingerprint density at radius 1 is 0.403 bits per heavy atom. The van der Waals surface area contributed by atoms with Gasteiger partial charge in [-0.2, -0.15) is 0 Å². The first-order valence-electron chi connectivity index (χ1n) is 19.3. The first-order valence-corrected chi connectivity index (χ1v) is 19.3. The van der Waals surface area contributed by atoms with Crippen LogP contribution in [0.5, 0.6) is 11.5 Å². The molecule has 67 heavy (non-hydrogen) atoms. The smallest absolute Gasteiger partial charge is 0.308 e. The van der Waals surface area contributed by atoms with Gasteiger partial charge < -0.3 is 9.47 Å². The molecule has 0 amide bonds. The molecule has 0 unspecified atom stereocenters. The lowest BCUT2D eigenvalue weighted by Crippen LogP contribution is -2.19. The predicted molar refractivity (Wildman–Crippen MR) is 237 cm³/mol. The zero-order chi connectivity index (χ0) is 48.4. The number of para-hydroxylation sites is 4. The second kappa shape index (κ2) is 20.2. The number of nitrogens with zero attached hydrogens (tertiary/aromatic N) is 12. The third kappa shape index (κ3) is 11.1. The molecule has 0 aliphatic heterocycles. The lowest BCUT2D eigenvalue weighted by Gasteiger charge is -2.28. The Bertz CT molecular complexity index is 2730. The molecule has 0 spiro atoms. The van der Waals surface area contributed by atoms with Crippen LogP contribution in [0, 0.1) is 40.5 Å². The van der Waals surface area contributed by atoms with Gasteiger partial charge in [-0.15, -0.1) is 40.9 Å². The van der Waals surface area contributed by atoms with Crippen LogP contribution in [-0.4, -0.2) is 31.6 Å². The minimum absolute atomic E-state index is 0.183. The summed E-state index contributed by atoms with van der Waals surface area (Å²) in [5.74, 6) is -2.42. The van der Waals surface area contributed by atoms with Gasteiger partial charge in [-0.05, 0) is 59.7 Å². The fourth-order valence-electron chi connectivity index (χ4n) is 6.12. The Hall–Kier alpha value is -9.74. The van der Waals surface area contributed by atoms with Crippen molar-refractivity contribution in [3.05, 3.63) is 173 Å². The monoisotopic (exact) mass is 908 g/mol. The molecular weight excluding hydrogens is 877 g/mol. The maximum Gasteiger partial charge on any atom is 0.308 e. The van der Waals surface area contributed by atoms with Crippen LogP contribution in [0.25, 0.3) is 0 Å². The standard InChI is InChI=1S/C43H32N12O12/c1-25(56)66-41-33(48-44-29-13-5-9-17-37(29)52(58)59)21-27(22-34(41)49-45-30-14-6-10-18-38(30)53(60)61)43(3,4)28-23-35(50-46-31-15-7-11-19-39(31)54(62)63)42(67-26(2)57)36(24-28)51-47-32-16-8-12-20-40(32)55(64)65/h5-24H,1-4H3. The minimum atomic E-state index is -1.33. The summed E-state index contributed by atoms with van der Waals surface area (Å²) in [5.41, 5.74) is -4.07. The largest absolute Gasteiger partial charge is 0.422 e. The molecular formula is C43H32N12O12. The van der Waals surface area contributed by atoms with E-state index in [4.69, 9.17) is 9.47 Å². The van der Waals surface area contributed by atoms with Crippen LogP contribution in [0.3, 0.4) is 0 Å². The predicted octanol–water partition coefficient (Wildman–Crippen LogP) is 13.2. The van der Waals surface area contributed by atoms with Gasteiger partial charge in [0, 0.05) is 43.5 Å². The lowest BCUT2D eigenvalue weighted by atomic mass is 9.77. The molecule has 24 heteroatoms. The number of carbonyl (C=O) groups is 2. The molecule has 6 rings (SSSR count). The van der Waals surface area contributed by atoms with E-state index < -0.39 is 59.8 Å². The number of hydrogen-bond donors (Lipinski definition) is 0. The van der Waals surface area contributed by atoms with Gasteiger partial charge in [0.25, 0.3) is 22.7 Å². The number of carbonyl (C=O) groups excluding carboxylic acids is 2. The van der Waals surface area contributed by atoms with Gasteiger partial charge in [-0.1, -0.05) is 62.4 Å². The Morgan fingerprint density at radius 2 is 0.612 bits per heavy atom. The van der Waals surface area contributed by atoms with Gasteiger partial charge >= 0.3 is 11.9 Å². The zero-order valence-corrected chi connectivity index (χ0v) is 35.3. The van der Waals surface area contributed by atoms with Crippen molar-refractivity contribution < 1.29 is 38.8 Å². The van der Waals surface area contributed by atoms with Crippen molar-refractivity contribution in [2.45, 2.75) is 33.1 Å². The summed E-state index contributed by atoms with van der Waals surface area (Å²) in [5, 5.41) is 80.9. The van der Waals surface area contributed by atoms with E-state index in [2.05, 4.69) is 40.9 Å². The van der Waals surface area contributed by atoms with E-state index in [1.165, 1.54) is 121 Å². The molecule has 0 N–H and O–H groups in total. The van der Waals surface area contributed by atoms with E-state index in [1.807, 2.05) is 0 Å². The van der Waals surface area contributed by atoms with Crippen LogP contribution in [0.15, 0.2) is 162 Å². The Kier molecular flexibility index (Phi) is 14.1. The number of rotatable bonds is 16. The third-order valence-electron chi connectivity index (χ3n) is 9.41. The number of hydrogen-bond acceptors (Lipinski definition) is 20. The van der Waals surface area contributed by atoms with Crippen LogP contribution in [-0.2, 0) is 15.0 Å². The molecule has 6 aromatic carbocycles. The fraction of sp³-hybridized carbons (Fsp3) is 0.116. The van der Waals surface area contributed by atoms with Gasteiger partial charge in [-0.3, -0.25) is 50.0 Å². The van der Waals surface area contributed by atoms with Crippen LogP contribution in [0.2, 0.25) is 0 Å². The van der Waals surface area contributed by atoms with Crippen LogP contribution in [0.4, 0.5) is 68.2 Å². The van der Waals surface area contributed by atoms with Crippen LogP contribution < -0.4 is 9.47 Å². The van der Waals surface area contributed by atoms with Crippen molar-refractivity contribution >= 4 is 80.2 Å². The molecule has 6 aromatic rings. The molecule has 336 valence electrons. The summed E-state index contributed by atoms with van der Waals surface area (Å²) in [6.45, 7) is 5.50.